The van der Waals surface area contributed by atoms with Crippen molar-refractivity contribution in [2.45, 2.75) is 46.5 Å². The molecule has 0 unspecified atom stereocenters. The van der Waals surface area contributed by atoms with E-state index in [-0.39, 0.29) is 6.85 Å². The maximum atomic E-state index is 6.10. The second-order valence-electron chi connectivity index (χ2n) is 9.82. The van der Waals surface area contributed by atoms with Gasteiger partial charge >= 0.3 is 6.85 Å². The Morgan fingerprint density at radius 1 is 1.03 bits per heavy atom. The Morgan fingerprint density at radius 2 is 1.73 bits per heavy atom. The number of furan rings is 1. The molecule has 1 aromatic carbocycles. The number of aryl methyl sites for hydroxylation is 2. The third-order valence-corrected chi connectivity index (χ3v) is 6.74. The number of hydrogen-bond acceptors (Lipinski definition) is 3. The fourth-order valence-corrected chi connectivity index (χ4v) is 4.99. The van der Waals surface area contributed by atoms with Gasteiger partial charge in [0.2, 0.25) is 11.4 Å². The van der Waals surface area contributed by atoms with E-state index < -0.39 is 0 Å². The molecule has 5 rings (SSSR count). The Morgan fingerprint density at radius 3 is 2.39 bits per heavy atom. The Hall–Kier alpha value is -3.28. The van der Waals surface area contributed by atoms with Gasteiger partial charge in [-0.15, -0.1) is 0 Å². The van der Waals surface area contributed by atoms with E-state index in [1.165, 1.54) is 22.5 Å². The molecule has 0 saturated heterocycles. The van der Waals surface area contributed by atoms with Gasteiger partial charge in [-0.05, 0) is 37.9 Å². The zero-order chi connectivity index (χ0) is 23.4. The molecule has 6 heteroatoms. The van der Waals surface area contributed by atoms with E-state index in [0.29, 0.717) is 17.5 Å². The van der Waals surface area contributed by atoms with E-state index in [2.05, 4.69) is 116 Å². The minimum Gasteiger partial charge on any atom is -0.436 e. The van der Waals surface area contributed by atoms with Crippen LogP contribution >= 0.6 is 0 Å². The monoisotopic (exact) mass is 439 g/mol. The molecular formula is C27H32BN4O+. The summed E-state index contributed by atoms with van der Waals surface area (Å²) in [7, 11) is 4.25. The molecule has 3 aromatic heterocycles. The van der Waals surface area contributed by atoms with E-state index in [4.69, 9.17) is 4.42 Å². The predicted molar refractivity (Wildman–Crippen MR) is 135 cm³/mol. The summed E-state index contributed by atoms with van der Waals surface area (Å²) < 4.78 is 10.7. The first-order chi connectivity index (χ1) is 15.8. The highest BCUT2D eigenvalue weighted by molar-refractivity contribution is 6.82. The van der Waals surface area contributed by atoms with E-state index >= 15 is 0 Å². The Bertz CT molecular complexity index is 1450. The van der Waals surface area contributed by atoms with Crippen molar-refractivity contribution in [2.24, 2.45) is 7.05 Å². The quantitative estimate of drug-likeness (QED) is 0.363. The molecule has 1 aliphatic heterocycles. The van der Waals surface area contributed by atoms with Gasteiger partial charge in [0.25, 0.3) is 0 Å². The summed E-state index contributed by atoms with van der Waals surface area (Å²) in [5.41, 5.74) is 7.79. The van der Waals surface area contributed by atoms with Gasteiger partial charge in [0.1, 0.15) is 18.1 Å². The lowest BCUT2D eigenvalue weighted by Crippen LogP contribution is -2.62. The SMILES string of the molecule is Cc1ccc2c3c(oc2n1)=CN(C)B(c1n(-c2c(C(C)C)cccc2C(C)C)cc[n+]1C)C=3. The molecule has 0 fully saturated rings. The number of pyridine rings is 1. The lowest BCUT2D eigenvalue weighted by Gasteiger charge is -2.22. The molecule has 1 aliphatic rings. The fraction of sp³-hybridized carbons (Fsp3) is 0.333. The van der Waals surface area contributed by atoms with E-state index in [0.717, 1.165) is 21.7 Å². The highest BCUT2D eigenvalue weighted by Gasteiger charge is 2.36. The number of fused-ring (bicyclic) bond motifs is 3. The summed E-state index contributed by atoms with van der Waals surface area (Å²) in [6.07, 6.45) is 6.47. The third kappa shape index (κ3) is 3.49. The number of rotatable bonds is 4. The molecule has 5 nitrogen and oxygen atoms in total. The molecule has 0 atom stereocenters. The summed E-state index contributed by atoms with van der Waals surface area (Å²) in [5, 5.41) is 2.19. The molecule has 0 bridgehead atoms. The van der Waals surface area contributed by atoms with Gasteiger partial charge in [-0.1, -0.05) is 51.9 Å². The average Bonchev–Trinajstić information content (AvgIpc) is 3.31. The maximum Gasteiger partial charge on any atom is 0.421 e. The molecule has 4 heterocycles. The standard InChI is InChI=1S/C27H32BN4O/c1-17(2)20-9-8-10-21(18(3)4)25(20)32-14-13-30(6)27(32)28-15-23-22-12-11-19(5)29-26(22)33-24(23)16-31(28)7/h8-18H,1-7H3/q+1. The van der Waals surface area contributed by atoms with E-state index in [1.54, 1.807) is 0 Å². The molecule has 4 aromatic rings. The van der Waals surface area contributed by atoms with Crippen LogP contribution in [0.1, 0.15) is 56.4 Å². The predicted octanol–water partition coefficient (Wildman–Crippen LogP) is 2.90. The van der Waals surface area contributed by atoms with Crippen molar-refractivity contribution in [3.63, 3.8) is 0 Å². The number of hydrogen-bond donors (Lipinski definition) is 0. The van der Waals surface area contributed by atoms with Crippen molar-refractivity contribution >= 4 is 35.8 Å². The largest absolute Gasteiger partial charge is 0.436 e. The highest BCUT2D eigenvalue weighted by atomic mass is 16.3. The average molecular weight is 439 g/mol. The van der Waals surface area contributed by atoms with Crippen LogP contribution in [0.25, 0.3) is 29.0 Å². The minimum absolute atomic E-state index is 0.0554. The normalized spacial score (nSPS) is 13.6. The zero-order valence-corrected chi connectivity index (χ0v) is 20.6. The van der Waals surface area contributed by atoms with Crippen LogP contribution in [0.3, 0.4) is 0 Å². The van der Waals surface area contributed by atoms with Gasteiger partial charge in [0.05, 0.1) is 7.05 Å². The molecule has 0 saturated carbocycles. The highest BCUT2D eigenvalue weighted by Crippen LogP contribution is 2.30. The topological polar surface area (TPSA) is 38.1 Å². The van der Waals surface area contributed by atoms with Crippen molar-refractivity contribution < 1.29 is 8.98 Å². The molecule has 0 aliphatic carbocycles. The summed E-state index contributed by atoms with van der Waals surface area (Å²) in [4.78, 5) is 6.84. The van der Waals surface area contributed by atoms with Crippen LogP contribution < -0.4 is 20.9 Å². The van der Waals surface area contributed by atoms with Gasteiger partial charge < -0.3 is 9.23 Å². The summed E-state index contributed by atoms with van der Waals surface area (Å²) in [6.45, 7) is 11.2. The van der Waals surface area contributed by atoms with Crippen LogP contribution in [0, 0.1) is 6.92 Å². The number of para-hydroxylation sites is 1. The van der Waals surface area contributed by atoms with Crippen LogP contribution in [0.5, 0.6) is 0 Å². The lowest BCUT2D eigenvalue weighted by molar-refractivity contribution is -0.653. The van der Waals surface area contributed by atoms with Crippen molar-refractivity contribution in [3.05, 3.63) is 70.2 Å². The van der Waals surface area contributed by atoms with Crippen LogP contribution in [0.2, 0.25) is 0 Å². The van der Waals surface area contributed by atoms with Crippen LogP contribution in [-0.2, 0) is 7.05 Å². The molecular weight excluding hydrogens is 407 g/mol. The summed E-state index contributed by atoms with van der Waals surface area (Å²) in [5.74, 6) is 3.17. The summed E-state index contributed by atoms with van der Waals surface area (Å²) in [6, 6.07) is 10.9. The minimum atomic E-state index is 0.0554. The van der Waals surface area contributed by atoms with E-state index in [1.807, 2.05) is 6.92 Å². The number of benzene rings is 1. The van der Waals surface area contributed by atoms with Gasteiger partial charge in [0, 0.05) is 33.6 Å². The Labute approximate surface area is 195 Å². The first kappa shape index (κ1) is 21.6. The van der Waals surface area contributed by atoms with Crippen molar-refractivity contribution in [3.8, 4) is 5.69 Å². The van der Waals surface area contributed by atoms with Gasteiger partial charge in [-0.25, -0.2) is 14.1 Å². The first-order valence-corrected chi connectivity index (χ1v) is 11.8. The smallest absolute Gasteiger partial charge is 0.421 e. The Kier molecular flexibility index (Phi) is 5.19. The molecule has 0 radical (unpaired) electrons. The van der Waals surface area contributed by atoms with Crippen LogP contribution in [-0.4, -0.2) is 28.3 Å². The number of nitrogens with zero attached hydrogens (tertiary/aromatic N) is 4. The van der Waals surface area contributed by atoms with Gasteiger partial charge in [0.15, 0.2) is 5.42 Å². The number of aromatic nitrogens is 3. The van der Waals surface area contributed by atoms with Crippen LogP contribution in [0.4, 0.5) is 0 Å². The van der Waals surface area contributed by atoms with E-state index in [9.17, 15) is 0 Å². The molecule has 33 heavy (non-hydrogen) atoms. The maximum absolute atomic E-state index is 6.10. The van der Waals surface area contributed by atoms with Gasteiger partial charge in [-0.3, -0.25) is 0 Å². The van der Waals surface area contributed by atoms with Gasteiger partial charge in [-0.2, -0.15) is 0 Å². The molecule has 0 amide bonds. The fourth-order valence-electron chi connectivity index (χ4n) is 4.99. The molecule has 168 valence electrons. The molecule has 0 spiro atoms. The second-order valence-corrected chi connectivity index (χ2v) is 9.82. The second kappa shape index (κ2) is 7.94. The third-order valence-electron chi connectivity index (χ3n) is 6.74. The first-order valence-electron chi connectivity index (χ1n) is 11.8. The zero-order valence-electron chi connectivity index (χ0n) is 20.6. The summed E-state index contributed by atoms with van der Waals surface area (Å²) >= 11 is 0. The van der Waals surface area contributed by atoms with Crippen molar-refractivity contribution in [2.75, 3.05) is 7.05 Å². The number of imidazole rings is 1. The Balaban J connectivity index is 1.76. The van der Waals surface area contributed by atoms with Crippen molar-refractivity contribution in [1.82, 2.24) is 14.4 Å². The van der Waals surface area contributed by atoms with Crippen LogP contribution in [0.15, 0.2) is 47.1 Å². The van der Waals surface area contributed by atoms with Crippen molar-refractivity contribution in [1.29, 1.82) is 0 Å². The molecule has 0 N–H and O–H groups in total. The lowest BCUT2D eigenvalue weighted by atomic mass is 9.57.